The van der Waals surface area contributed by atoms with E-state index in [0.717, 1.165) is 4.47 Å². The van der Waals surface area contributed by atoms with Gasteiger partial charge in [-0.2, -0.15) is 0 Å². The number of rotatable bonds is 4. The highest BCUT2D eigenvalue weighted by Gasteiger charge is 2.12. The standard InChI is InChI=1S/C14H13BrN2O2/c1-2-19-12-6-4-3-5-11(12)14(18)17-13-9-10(15)7-8-16-13/h3-9H,2H2,1H3,(H,16,17,18). The summed E-state index contributed by atoms with van der Waals surface area (Å²) >= 11 is 3.33. The van der Waals surface area contributed by atoms with Crippen LogP contribution in [-0.2, 0) is 0 Å². The van der Waals surface area contributed by atoms with Crippen LogP contribution in [0.1, 0.15) is 17.3 Å². The number of halogens is 1. The molecule has 1 amide bonds. The third kappa shape index (κ3) is 3.54. The summed E-state index contributed by atoms with van der Waals surface area (Å²) in [5.74, 6) is 0.817. The van der Waals surface area contributed by atoms with Crippen molar-refractivity contribution in [3.63, 3.8) is 0 Å². The Balaban J connectivity index is 2.20. The molecule has 0 bridgehead atoms. The fourth-order valence-corrected chi connectivity index (χ4v) is 1.93. The quantitative estimate of drug-likeness (QED) is 0.938. The molecule has 0 saturated heterocycles. The lowest BCUT2D eigenvalue weighted by Gasteiger charge is -2.10. The predicted octanol–water partition coefficient (Wildman–Crippen LogP) is 3.50. The van der Waals surface area contributed by atoms with Gasteiger partial charge in [-0.05, 0) is 31.2 Å². The summed E-state index contributed by atoms with van der Waals surface area (Å²) in [4.78, 5) is 16.3. The molecule has 0 aliphatic carbocycles. The number of nitrogens with zero attached hydrogens (tertiary/aromatic N) is 1. The maximum atomic E-state index is 12.2. The van der Waals surface area contributed by atoms with Crippen molar-refractivity contribution in [1.29, 1.82) is 0 Å². The van der Waals surface area contributed by atoms with E-state index in [9.17, 15) is 4.79 Å². The van der Waals surface area contributed by atoms with Crippen LogP contribution in [0, 0.1) is 0 Å². The number of nitrogens with one attached hydrogen (secondary N) is 1. The summed E-state index contributed by atoms with van der Waals surface area (Å²) in [7, 11) is 0. The normalized spacial score (nSPS) is 10.0. The van der Waals surface area contributed by atoms with Gasteiger partial charge in [0.2, 0.25) is 0 Å². The molecule has 0 unspecified atom stereocenters. The maximum absolute atomic E-state index is 12.2. The lowest BCUT2D eigenvalue weighted by atomic mass is 10.2. The van der Waals surface area contributed by atoms with Crippen LogP contribution in [0.2, 0.25) is 0 Å². The van der Waals surface area contributed by atoms with E-state index in [1.54, 1.807) is 36.5 Å². The van der Waals surface area contributed by atoms with Crippen molar-refractivity contribution >= 4 is 27.7 Å². The van der Waals surface area contributed by atoms with Crippen LogP contribution in [0.3, 0.4) is 0 Å². The fourth-order valence-electron chi connectivity index (χ4n) is 1.59. The van der Waals surface area contributed by atoms with Crippen LogP contribution in [0.25, 0.3) is 0 Å². The minimum atomic E-state index is -0.241. The predicted molar refractivity (Wildman–Crippen MR) is 77.5 cm³/mol. The van der Waals surface area contributed by atoms with Gasteiger partial charge in [0.15, 0.2) is 0 Å². The number of hydrogen-bond acceptors (Lipinski definition) is 3. The van der Waals surface area contributed by atoms with E-state index in [1.165, 1.54) is 0 Å². The molecule has 0 fully saturated rings. The summed E-state index contributed by atoms with van der Waals surface area (Å²) in [6.45, 7) is 2.39. The van der Waals surface area contributed by atoms with E-state index in [0.29, 0.717) is 23.7 Å². The molecule has 0 spiro atoms. The Hall–Kier alpha value is -1.88. The first-order valence-electron chi connectivity index (χ1n) is 5.85. The minimum absolute atomic E-state index is 0.241. The van der Waals surface area contributed by atoms with E-state index in [1.807, 2.05) is 13.0 Å². The Bertz CT molecular complexity index is 587. The van der Waals surface area contributed by atoms with Gasteiger partial charge in [-0.15, -0.1) is 0 Å². The number of benzene rings is 1. The zero-order valence-electron chi connectivity index (χ0n) is 10.4. The maximum Gasteiger partial charge on any atom is 0.260 e. The first kappa shape index (κ1) is 13.5. The van der Waals surface area contributed by atoms with Gasteiger partial charge in [0.25, 0.3) is 5.91 Å². The molecule has 1 aromatic heterocycles. The molecule has 98 valence electrons. The topological polar surface area (TPSA) is 51.2 Å². The lowest BCUT2D eigenvalue weighted by Crippen LogP contribution is -2.14. The molecule has 1 heterocycles. The van der Waals surface area contributed by atoms with Crippen molar-refractivity contribution in [3.8, 4) is 5.75 Å². The molecule has 1 aromatic carbocycles. The van der Waals surface area contributed by atoms with E-state index < -0.39 is 0 Å². The summed E-state index contributed by atoms with van der Waals surface area (Å²) < 4.78 is 6.29. The van der Waals surface area contributed by atoms with Crippen LogP contribution in [-0.4, -0.2) is 17.5 Å². The van der Waals surface area contributed by atoms with Crippen molar-refractivity contribution in [2.45, 2.75) is 6.92 Å². The largest absolute Gasteiger partial charge is 0.493 e. The van der Waals surface area contributed by atoms with Crippen LogP contribution in [0.4, 0.5) is 5.82 Å². The average molecular weight is 321 g/mol. The number of hydrogen-bond donors (Lipinski definition) is 1. The molecular formula is C14H13BrN2O2. The second-order valence-corrected chi connectivity index (χ2v) is 4.66. The van der Waals surface area contributed by atoms with E-state index >= 15 is 0 Å². The summed E-state index contributed by atoms with van der Waals surface area (Å²) in [5.41, 5.74) is 0.492. The third-order valence-corrected chi connectivity index (χ3v) is 2.89. The first-order chi connectivity index (χ1) is 9.20. The SMILES string of the molecule is CCOc1ccccc1C(=O)Nc1cc(Br)ccn1. The van der Waals surface area contributed by atoms with Gasteiger partial charge in [-0.3, -0.25) is 4.79 Å². The number of pyridine rings is 1. The van der Waals surface area contributed by atoms with Crippen molar-refractivity contribution in [1.82, 2.24) is 4.98 Å². The van der Waals surface area contributed by atoms with Crippen LogP contribution >= 0.6 is 15.9 Å². The van der Waals surface area contributed by atoms with Crippen molar-refractivity contribution in [2.24, 2.45) is 0 Å². The number of carbonyl (C=O) groups excluding carboxylic acids is 1. The molecule has 2 aromatic rings. The number of anilines is 1. The number of ether oxygens (including phenoxy) is 1. The highest BCUT2D eigenvalue weighted by atomic mass is 79.9. The summed E-state index contributed by atoms with van der Waals surface area (Å²) in [6.07, 6.45) is 1.62. The first-order valence-corrected chi connectivity index (χ1v) is 6.64. The Morgan fingerprint density at radius 1 is 1.37 bits per heavy atom. The molecule has 19 heavy (non-hydrogen) atoms. The van der Waals surface area contributed by atoms with Crippen LogP contribution in [0.15, 0.2) is 47.1 Å². The van der Waals surface area contributed by atoms with Crippen LogP contribution in [0.5, 0.6) is 5.75 Å². The van der Waals surface area contributed by atoms with E-state index in [4.69, 9.17) is 4.74 Å². The van der Waals surface area contributed by atoms with Gasteiger partial charge in [-0.1, -0.05) is 28.1 Å². The number of aromatic nitrogens is 1. The molecule has 0 saturated carbocycles. The lowest BCUT2D eigenvalue weighted by molar-refractivity contribution is 0.102. The molecule has 0 aliphatic rings. The van der Waals surface area contributed by atoms with Gasteiger partial charge in [0, 0.05) is 10.7 Å². The van der Waals surface area contributed by atoms with Crippen LogP contribution < -0.4 is 10.1 Å². The van der Waals surface area contributed by atoms with E-state index in [2.05, 4.69) is 26.2 Å². The van der Waals surface area contributed by atoms with Crippen molar-refractivity contribution < 1.29 is 9.53 Å². The van der Waals surface area contributed by atoms with Gasteiger partial charge >= 0.3 is 0 Å². The smallest absolute Gasteiger partial charge is 0.260 e. The molecule has 0 aliphatic heterocycles. The third-order valence-electron chi connectivity index (χ3n) is 2.40. The Morgan fingerprint density at radius 3 is 2.89 bits per heavy atom. The molecule has 0 atom stereocenters. The number of para-hydroxylation sites is 1. The number of amides is 1. The Labute approximate surface area is 119 Å². The molecule has 2 rings (SSSR count). The molecule has 4 nitrogen and oxygen atoms in total. The van der Waals surface area contributed by atoms with Gasteiger partial charge in [0.1, 0.15) is 11.6 Å². The van der Waals surface area contributed by atoms with Gasteiger partial charge < -0.3 is 10.1 Å². The Morgan fingerprint density at radius 2 is 2.16 bits per heavy atom. The minimum Gasteiger partial charge on any atom is -0.493 e. The molecule has 0 radical (unpaired) electrons. The second-order valence-electron chi connectivity index (χ2n) is 3.74. The summed E-state index contributed by atoms with van der Waals surface area (Å²) in [6, 6.07) is 10.7. The zero-order valence-corrected chi connectivity index (χ0v) is 12.0. The molecular weight excluding hydrogens is 308 g/mol. The van der Waals surface area contributed by atoms with E-state index in [-0.39, 0.29) is 5.91 Å². The van der Waals surface area contributed by atoms with Crippen molar-refractivity contribution in [2.75, 3.05) is 11.9 Å². The molecule has 5 heteroatoms. The van der Waals surface area contributed by atoms with Gasteiger partial charge in [-0.25, -0.2) is 4.98 Å². The monoisotopic (exact) mass is 320 g/mol. The van der Waals surface area contributed by atoms with Crippen molar-refractivity contribution in [3.05, 3.63) is 52.6 Å². The van der Waals surface area contributed by atoms with Gasteiger partial charge in [0.05, 0.1) is 12.2 Å². The zero-order chi connectivity index (χ0) is 13.7. The average Bonchev–Trinajstić information content (AvgIpc) is 2.39. The number of carbonyl (C=O) groups is 1. The highest BCUT2D eigenvalue weighted by molar-refractivity contribution is 9.10. The highest BCUT2D eigenvalue weighted by Crippen LogP contribution is 2.20. The second kappa shape index (κ2) is 6.33. The Kier molecular flexibility index (Phi) is 4.52. The molecule has 1 N–H and O–H groups in total. The summed E-state index contributed by atoms with van der Waals surface area (Å²) in [5, 5.41) is 2.74. The fraction of sp³-hybridized carbons (Fsp3) is 0.143.